The van der Waals surface area contributed by atoms with Gasteiger partial charge in [0.15, 0.2) is 0 Å². The molecule has 2 N–H and O–H groups in total. The fourth-order valence-corrected chi connectivity index (χ4v) is 4.16. The molecular weight excluding hydrogens is 418 g/mol. The third kappa shape index (κ3) is 9.56. The average molecular weight is 452 g/mol. The Hall–Kier alpha value is -2.79. The maximum absolute atomic E-state index is 11.3. The number of aryl methyl sites for hydroxylation is 1. The maximum atomic E-state index is 11.3. The number of hydrogen-bond acceptors (Lipinski definition) is 3. The molecule has 0 radical (unpaired) electrons. The van der Waals surface area contributed by atoms with Crippen molar-refractivity contribution in [3.8, 4) is 11.1 Å². The number of carbonyl (C=O) groups is 2. The van der Waals surface area contributed by atoms with Crippen LogP contribution in [0.15, 0.2) is 77.9 Å². The van der Waals surface area contributed by atoms with Gasteiger partial charge in [0.25, 0.3) is 0 Å². The summed E-state index contributed by atoms with van der Waals surface area (Å²) in [6.45, 7) is 5.53. The van der Waals surface area contributed by atoms with Gasteiger partial charge in [-0.05, 0) is 49.8 Å². The van der Waals surface area contributed by atoms with Crippen LogP contribution in [0.4, 0.5) is 0 Å². The number of amides is 1. The van der Waals surface area contributed by atoms with Crippen molar-refractivity contribution in [1.82, 2.24) is 5.32 Å². The van der Waals surface area contributed by atoms with Crippen molar-refractivity contribution in [1.29, 1.82) is 0 Å². The van der Waals surface area contributed by atoms with Crippen LogP contribution in [0.5, 0.6) is 0 Å². The number of carboxylic acids is 1. The SMILES string of the molecule is CC(=O)N[C@H](CSC/C=C(\CC=C(C)C)CCc1ccc(-c2ccccc2)cc1)C(=O)O. The van der Waals surface area contributed by atoms with Gasteiger partial charge in [0, 0.05) is 18.4 Å². The molecule has 0 heterocycles. The van der Waals surface area contributed by atoms with Crippen molar-refractivity contribution in [3.63, 3.8) is 0 Å². The van der Waals surface area contributed by atoms with E-state index in [0.717, 1.165) is 25.0 Å². The zero-order valence-corrected chi connectivity index (χ0v) is 20.0. The molecule has 0 unspecified atom stereocenters. The Morgan fingerprint density at radius 1 is 0.969 bits per heavy atom. The second-order valence-electron chi connectivity index (χ2n) is 8.04. The monoisotopic (exact) mass is 451 g/mol. The Morgan fingerprint density at radius 2 is 1.62 bits per heavy atom. The molecule has 0 aromatic heterocycles. The first-order chi connectivity index (χ1) is 15.3. The number of benzene rings is 2. The molecule has 0 spiro atoms. The van der Waals surface area contributed by atoms with Gasteiger partial charge >= 0.3 is 5.97 Å². The van der Waals surface area contributed by atoms with Gasteiger partial charge in [0.05, 0.1) is 0 Å². The molecule has 4 nitrogen and oxygen atoms in total. The van der Waals surface area contributed by atoms with Crippen molar-refractivity contribution >= 4 is 23.6 Å². The molecule has 170 valence electrons. The number of rotatable bonds is 12. The maximum Gasteiger partial charge on any atom is 0.327 e. The lowest BCUT2D eigenvalue weighted by atomic mass is 9.99. The molecule has 2 rings (SSSR count). The van der Waals surface area contributed by atoms with Crippen LogP contribution >= 0.6 is 11.8 Å². The highest BCUT2D eigenvalue weighted by Gasteiger charge is 2.17. The third-order valence-electron chi connectivity index (χ3n) is 5.02. The van der Waals surface area contributed by atoms with Crippen molar-refractivity contribution in [2.75, 3.05) is 11.5 Å². The van der Waals surface area contributed by atoms with Crippen LogP contribution < -0.4 is 5.32 Å². The summed E-state index contributed by atoms with van der Waals surface area (Å²) in [5.74, 6) is -0.249. The summed E-state index contributed by atoms with van der Waals surface area (Å²) in [5.41, 5.74) is 6.37. The van der Waals surface area contributed by atoms with Crippen molar-refractivity contribution < 1.29 is 14.7 Å². The van der Waals surface area contributed by atoms with Crippen LogP contribution in [0.2, 0.25) is 0 Å². The Balaban J connectivity index is 1.94. The molecule has 1 amide bonds. The summed E-state index contributed by atoms with van der Waals surface area (Å²) in [5, 5.41) is 11.7. The van der Waals surface area contributed by atoms with Gasteiger partial charge in [-0.3, -0.25) is 4.79 Å². The van der Waals surface area contributed by atoms with E-state index in [0.29, 0.717) is 5.75 Å². The lowest BCUT2D eigenvalue weighted by molar-refractivity contribution is -0.140. The van der Waals surface area contributed by atoms with E-state index >= 15 is 0 Å². The zero-order chi connectivity index (χ0) is 23.3. The van der Waals surface area contributed by atoms with E-state index in [1.807, 2.05) is 6.07 Å². The first-order valence-corrected chi connectivity index (χ1v) is 12.0. The summed E-state index contributed by atoms with van der Waals surface area (Å²) >= 11 is 1.52. The zero-order valence-electron chi connectivity index (χ0n) is 19.1. The molecule has 0 saturated carbocycles. The molecule has 2 aromatic rings. The first-order valence-electron chi connectivity index (χ1n) is 10.9. The van der Waals surface area contributed by atoms with E-state index in [2.05, 4.69) is 79.8 Å². The van der Waals surface area contributed by atoms with E-state index in [4.69, 9.17) is 0 Å². The average Bonchev–Trinajstić information content (AvgIpc) is 2.77. The van der Waals surface area contributed by atoms with Gasteiger partial charge in [-0.1, -0.05) is 77.9 Å². The Kier molecular flexibility index (Phi) is 10.8. The second-order valence-corrected chi connectivity index (χ2v) is 9.11. The van der Waals surface area contributed by atoms with Crippen LogP contribution in [-0.4, -0.2) is 34.5 Å². The van der Waals surface area contributed by atoms with Crippen molar-refractivity contribution in [3.05, 3.63) is 83.5 Å². The molecule has 2 aromatic carbocycles. The lowest BCUT2D eigenvalue weighted by Crippen LogP contribution is -2.41. The standard InChI is InChI=1S/C27H33NO3S/c1-20(2)9-10-23(17-18-32-19-26(27(30)31)28-21(3)29)12-11-22-13-15-25(16-14-22)24-7-5-4-6-8-24/h4-9,13-17,26H,10-12,18-19H2,1-3H3,(H,28,29)(H,30,31)/b23-17+/t26-/m1/s1. The van der Waals surface area contributed by atoms with Crippen LogP contribution in [0.1, 0.15) is 39.2 Å². The number of carboxylic acid groups (broad SMARTS) is 1. The van der Waals surface area contributed by atoms with Crippen molar-refractivity contribution in [2.45, 2.75) is 46.1 Å². The largest absolute Gasteiger partial charge is 0.480 e. The number of hydrogen-bond donors (Lipinski definition) is 2. The smallest absolute Gasteiger partial charge is 0.327 e. The molecule has 0 aliphatic heterocycles. The van der Waals surface area contributed by atoms with Gasteiger partial charge < -0.3 is 10.4 Å². The molecule has 0 fully saturated rings. The number of aliphatic carboxylic acids is 1. The number of allylic oxidation sites excluding steroid dienone is 3. The molecule has 0 aliphatic rings. The lowest BCUT2D eigenvalue weighted by Gasteiger charge is -2.12. The summed E-state index contributed by atoms with van der Waals surface area (Å²) < 4.78 is 0. The minimum Gasteiger partial charge on any atom is -0.480 e. The van der Waals surface area contributed by atoms with E-state index < -0.39 is 12.0 Å². The summed E-state index contributed by atoms with van der Waals surface area (Å²) in [6, 6.07) is 18.3. The molecule has 0 aliphatic carbocycles. The quantitative estimate of drug-likeness (QED) is 0.312. The second kappa shape index (κ2) is 13.6. The fourth-order valence-electron chi connectivity index (χ4n) is 3.20. The normalized spacial score (nSPS) is 12.2. The molecule has 0 bridgehead atoms. The highest BCUT2D eigenvalue weighted by molar-refractivity contribution is 7.99. The van der Waals surface area contributed by atoms with E-state index in [-0.39, 0.29) is 5.91 Å². The predicted octanol–water partition coefficient (Wildman–Crippen LogP) is 5.89. The molecule has 32 heavy (non-hydrogen) atoms. The first kappa shape index (κ1) is 25.5. The van der Waals surface area contributed by atoms with E-state index in [9.17, 15) is 14.7 Å². The Labute approximate surface area is 195 Å². The van der Waals surface area contributed by atoms with Crippen LogP contribution in [0.3, 0.4) is 0 Å². The topological polar surface area (TPSA) is 66.4 Å². The van der Waals surface area contributed by atoms with Crippen LogP contribution in [0.25, 0.3) is 11.1 Å². The molecule has 1 atom stereocenters. The van der Waals surface area contributed by atoms with Gasteiger partial charge in [0.1, 0.15) is 6.04 Å². The highest BCUT2D eigenvalue weighted by atomic mass is 32.2. The van der Waals surface area contributed by atoms with Crippen molar-refractivity contribution in [2.24, 2.45) is 0 Å². The predicted molar refractivity (Wildman–Crippen MR) is 135 cm³/mol. The minimum absolute atomic E-state index is 0.323. The van der Waals surface area contributed by atoms with Crippen LogP contribution in [-0.2, 0) is 16.0 Å². The summed E-state index contributed by atoms with van der Waals surface area (Å²) in [4.78, 5) is 22.4. The Bertz CT molecular complexity index is 929. The fraction of sp³-hybridized carbons (Fsp3) is 0.333. The summed E-state index contributed by atoms with van der Waals surface area (Å²) in [7, 11) is 0. The molecule has 5 heteroatoms. The van der Waals surface area contributed by atoms with Gasteiger partial charge in [-0.2, -0.15) is 11.8 Å². The van der Waals surface area contributed by atoms with Gasteiger partial charge in [-0.15, -0.1) is 0 Å². The third-order valence-corrected chi connectivity index (χ3v) is 5.99. The van der Waals surface area contributed by atoms with Gasteiger partial charge in [0.2, 0.25) is 5.91 Å². The highest BCUT2D eigenvalue weighted by Crippen LogP contribution is 2.21. The molecule has 0 saturated heterocycles. The minimum atomic E-state index is -1.000. The van der Waals surface area contributed by atoms with E-state index in [1.165, 1.54) is 46.5 Å². The van der Waals surface area contributed by atoms with E-state index in [1.54, 1.807) is 0 Å². The van der Waals surface area contributed by atoms with Crippen LogP contribution in [0, 0.1) is 0 Å². The Morgan fingerprint density at radius 3 is 2.22 bits per heavy atom. The van der Waals surface area contributed by atoms with Gasteiger partial charge in [-0.25, -0.2) is 4.79 Å². The number of thioether (sulfide) groups is 1. The number of carbonyl (C=O) groups excluding carboxylic acids is 1. The summed E-state index contributed by atoms with van der Waals surface area (Å²) in [6.07, 6.45) is 7.26. The number of nitrogens with one attached hydrogen (secondary N) is 1. The molecular formula is C27H33NO3S.